The zero-order valence-electron chi connectivity index (χ0n) is 7.76. The topological polar surface area (TPSA) is 37.3 Å². The second-order valence-electron chi connectivity index (χ2n) is 4.03. The smallest absolute Gasteiger partial charge is 0.141 e. The van der Waals surface area contributed by atoms with Crippen molar-refractivity contribution in [2.45, 2.75) is 39.2 Å². The maximum absolute atomic E-state index is 11.4. The number of aliphatic hydroxyl groups is 1. The molecule has 0 radical (unpaired) electrons. The summed E-state index contributed by atoms with van der Waals surface area (Å²) in [5, 5.41) is 9.61. The van der Waals surface area contributed by atoms with Gasteiger partial charge in [0.05, 0.1) is 11.5 Å². The molecular formula is C10H16O2. The fourth-order valence-electron chi connectivity index (χ4n) is 1.90. The van der Waals surface area contributed by atoms with Gasteiger partial charge in [0.15, 0.2) is 0 Å². The largest absolute Gasteiger partial charge is 0.392 e. The van der Waals surface area contributed by atoms with Gasteiger partial charge in [0.25, 0.3) is 0 Å². The molecule has 68 valence electrons. The molecule has 0 aliphatic heterocycles. The highest BCUT2D eigenvalue weighted by molar-refractivity contribution is 5.87. The molecule has 0 saturated heterocycles. The molecule has 2 unspecified atom stereocenters. The van der Waals surface area contributed by atoms with Crippen molar-refractivity contribution >= 4 is 5.78 Å². The highest BCUT2D eigenvalue weighted by Crippen LogP contribution is 2.39. The fourth-order valence-corrected chi connectivity index (χ4v) is 1.90. The SMILES string of the molecule is C=C(C)CC1(C)C(=O)CCC1O. The molecular weight excluding hydrogens is 152 g/mol. The van der Waals surface area contributed by atoms with Crippen molar-refractivity contribution < 1.29 is 9.90 Å². The molecule has 0 aromatic carbocycles. The molecule has 0 spiro atoms. The van der Waals surface area contributed by atoms with Crippen molar-refractivity contribution in [2.24, 2.45) is 5.41 Å². The summed E-state index contributed by atoms with van der Waals surface area (Å²) in [5.74, 6) is 0.179. The van der Waals surface area contributed by atoms with Crippen LogP contribution in [0.4, 0.5) is 0 Å². The Bertz CT molecular complexity index is 220. The molecule has 2 nitrogen and oxygen atoms in total. The van der Waals surface area contributed by atoms with Crippen molar-refractivity contribution in [1.82, 2.24) is 0 Å². The van der Waals surface area contributed by atoms with E-state index in [2.05, 4.69) is 6.58 Å². The lowest BCUT2D eigenvalue weighted by molar-refractivity contribution is -0.127. The first-order valence-electron chi connectivity index (χ1n) is 4.32. The van der Waals surface area contributed by atoms with E-state index >= 15 is 0 Å². The van der Waals surface area contributed by atoms with Gasteiger partial charge in [-0.1, -0.05) is 5.57 Å². The number of aliphatic hydroxyl groups excluding tert-OH is 1. The third kappa shape index (κ3) is 1.44. The molecule has 0 heterocycles. The molecule has 1 fully saturated rings. The van der Waals surface area contributed by atoms with Crippen LogP contribution in [0.15, 0.2) is 12.2 Å². The second-order valence-corrected chi connectivity index (χ2v) is 4.03. The number of hydrogen-bond acceptors (Lipinski definition) is 2. The summed E-state index contributed by atoms with van der Waals surface area (Å²) >= 11 is 0. The molecule has 0 aromatic heterocycles. The quantitative estimate of drug-likeness (QED) is 0.637. The van der Waals surface area contributed by atoms with Crippen LogP contribution in [0, 0.1) is 5.41 Å². The van der Waals surface area contributed by atoms with Crippen molar-refractivity contribution in [3.05, 3.63) is 12.2 Å². The zero-order valence-corrected chi connectivity index (χ0v) is 7.76. The minimum absolute atomic E-state index is 0.179. The molecule has 0 bridgehead atoms. The monoisotopic (exact) mass is 168 g/mol. The Kier molecular flexibility index (Phi) is 2.38. The summed E-state index contributed by atoms with van der Waals surface area (Å²) < 4.78 is 0. The third-order valence-electron chi connectivity index (χ3n) is 2.69. The molecule has 2 heteroatoms. The Morgan fingerprint density at radius 1 is 1.83 bits per heavy atom. The van der Waals surface area contributed by atoms with Crippen LogP contribution in [0.1, 0.15) is 33.1 Å². The lowest BCUT2D eigenvalue weighted by atomic mass is 9.80. The number of carbonyl (C=O) groups excluding carboxylic acids is 1. The first-order valence-corrected chi connectivity index (χ1v) is 4.32. The van der Waals surface area contributed by atoms with Crippen molar-refractivity contribution in [3.8, 4) is 0 Å². The van der Waals surface area contributed by atoms with Crippen LogP contribution in [0.2, 0.25) is 0 Å². The molecule has 0 aromatic rings. The molecule has 1 aliphatic carbocycles. The number of hydrogen-bond donors (Lipinski definition) is 1. The summed E-state index contributed by atoms with van der Waals surface area (Å²) in [6.45, 7) is 7.50. The van der Waals surface area contributed by atoms with E-state index in [1.54, 1.807) is 0 Å². The van der Waals surface area contributed by atoms with E-state index in [0.29, 0.717) is 19.3 Å². The maximum Gasteiger partial charge on any atom is 0.141 e. The lowest BCUT2D eigenvalue weighted by Crippen LogP contribution is -2.32. The minimum Gasteiger partial charge on any atom is -0.392 e. The number of ketones is 1. The number of carbonyl (C=O) groups is 1. The fraction of sp³-hybridized carbons (Fsp3) is 0.700. The van der Waals surface area contributed by atoms with Gasteiger partial charge in [0.1, 0.15) is 5.78 Å². The van der Waals surface area contributed by atoms with E-state index in [1.165, 1.54) is 0 Å². The first kappa shape index (κ1) is 9.46. The first-order chi connectivity index (χ1) is 5.47. The van der Waals surface area contributed by atoms with E-state index < -0.39 is 11.5 Å². The summed E-state index contributed by atoms with van der Waals surface area (Å²) in [4.78, 5) is 11.4. The van der Waals surface area contributed by atoms with E-state index in [-0.39, 0.29) is 5.78 Å². The van der Waals surface area contributed by atoms with Gasteiger partial charge in [-0.15, -0.1) is 6.58 Å². The standard InChI is InChI=1S/C10H16O2/c1-7(2)6-10(3)8(11)4-5-9(10)12/h8,11H,1,4-6H2,2-3H3. The van der Waals surface area contributed by atoms with Crippen LogP contribution in [0.5, 0.6) is 0 Å². The van der Waals surface area contributed by atoms with Crippen molar-refractivity contribution in [1.29, 1.82) is 0 Å². The van der Waals surface area contributed by atoms with Crippen molar-refractivity contribution in [2.75, 3.05) is 0 Å². The Labute approximate surface area is 73.3 Å². The van der Waals surface area contributed by atoms with E-state index in [9.17, 15) is 9.90 Å². The van der Waals surface area contributed by atoms with E-state index in [0.717, 1.165) is 5.57 Å². The maximum atomic E-state index is 11.4. The highest BCUT2D eigenvalue weighted by atomic mass is 16.3. The summed E-state index contributed by atoms with van der Waals surface area (Å²) in [7, 11) is 0. The Morgan fingerprint density at radius 3 is 2.75 bits per heavy atom. The predicted octanol–water partition coefficient (Wildman–Crippen LogP) is 1.68. The average Bonchev–Trinajstić information content (AvgIpc) is 2.16. The molecule has 1 N–H and O–H groups in total. The summed E-state index contributed by atoms with van der Waals surface area (Å²) in [5.41, 5.74) is 0.415. The second kappa shape index (κ2) is 3.02. The van der Waals surface area contributed by atoms with Crippen LogP contribution in [0.25, 0.3) is 0 Å². The Balaban J connectivity index is 2.79. The van der Waals surface area contributed by atoms with Gasteiger partial charge in [-0.2, -0.15) is 0 Å². The number of allylic oxidation sites excluding steroid dienone is 1. The molecule has 1 saturated carbocycles. The van der Waals surface area contributed by atoms with E-state index in [4.69, 9.17) is 0 Å². The zero-order chi connectivity index (χ0) is 9.35. The van der Waals surface area contributed by atoms with Gasteiger partial charge in [-0.3, -0.25) is 4.79 Å². The summed E-state index contributed by atoms with van der Waals surface area (Å²) in [6, 6.07) is 0. The molecule has 2 atom stereocenters. The molecule has 1 rings (SSSR count). The van der Waals surface area contributed by atoms with Gasteiger partial charge in [0.2, 0.25) is 0 Å². The van der Waals surface area contributed by atoms with Crippen molar-refractivity contribution in [3.63, 3.8) is 0 Å². The minimum atomic E-state index is -0.550. The van der Waals surface area contributed by atoms with Gasteiger partial charge in [-0.25, -0.2) is 0 Å². The van der Waals surface area contributed by atoms with Crippen LogP contribution in [0.3, 0.4) is 0 Å². The number of rotatable bonds is 2. The van der Waals surface area contributed by atoms with Crippen LogP contribution < -0.4 is 0 Å². The van der Waals surface area contributed by atoms with Crippen LogP contribution in [-0.4, -0.2) is 17.0 Å². The summed E-state index contributed by atoms with van der Waals surface area (Å²) in [6.07, 6.45) is 1.28. The number of Topliss-reactive ketones (excluding diaryl/α,β-unsaturated/α-hetero) is 1. The van der Waals surface area contributed by atoms with Crippen LogP contribution in [-0.2, 0) is 4.79 Å². The third-order valence-corrected chi connectivity index (χ3v) is 2.69. The predicted molar refractivity (Wildman–Crippen MR) is 47.8 cm³/mol. The highest BCUT2D eigenvalue weighted by Gasteiger charge is 2.44. The normalized spacial score (nSPS) is 35.6. The van der Waals surface area contributed by atoms with Gasteiger partial charge in [0, 0.05) is 6.42 Å². The van der Waals surface area contributed by atoms with E-state index in [1.807, 2.05) is 13.8 Å². The Morgan fingerprint density at radius 2 is 2.42 bits per heavy atom. The molecule has 1 aliphatic rings. The molecule has 12 heavy (non-hydrogen) atoms. The van der Waals surface area contributed by atoms with Crippen LogP contribution >= 0.6 is 0 Å². The molecule has 0 amide bonds. The Hall–Kier alpha value is -0.630. The van der Waals surface area contributed by atoms with Gasteiger partial charge >= 0.3 is 0 Å². The lowest BCUT2D eigenvalue weighted by Gasteiger charge is -2.26. The van der Waals surface area contributed by atoms with Gasteiger partial charge in [-0.05, 0) is 26.7 Å². The average molecular weight is 168 g/mol. The van der Waals surface area contributed by atoms with Gasteiger partial charge < -0.3 is 5.11 Å².